The fourth-order valence-corrected chi connectivity index (χ4v) is 4.95. The smallest absolute Gasteiger partial charge is 0.235 e. The molecule has 1 atom stereocenters. The van der Waals surface area contributed by atoms with Crippen LogP contribution >= 0.6 is 11.8 Å². The lowest BCUT2D eigenvalue weighted by atomic mass is 9.80. The van der Waals surface area contributed by atoms with Crippen molar-refractivity contribution in [1.82, 2.24) is 5.32 Å². The molecule has 4 heteroatoms. The third-order valence-corrected chi connectivity index (χ3v) is 5.72. The van der Waals surface area contributed by atoms with Gasteiger partial charge in [0.25, 0.3) is 0 Å². The Morgan fingerprint density at radius 1 is 1.10 bits per heavy atom. The van der Waals surface area contributed by atoms with Crippen LogP contribution in [0.25, 0.3) is 0 Å². The van der Waals surface area contributed by atoms with Gasteiger partial charge in [-0.1, -0.05) is 17.7 Å². The topological polar surface area (TPSA) is 46.2 Å². The monoisotopic (exact) mass is 303 g/mol. The number of hydrogen-bond acceptors (Lipinski definition) is 3. The average molecular weight is 303 g/mol. The largest absolute Gasteiger partial charge is 0.343 e. The Hall–Kier alpha value is -1.29. The van der Waals surface area contributed by atoms with E-state index in [1.54, 1.807) is 0 Å². The van der Waals surface area contributed by atoms with Gasteiger partial charge >= 0.3 is 0 Å². The highest BCUT2D eigenvalue weighted by Gasteiger charge is 2.53. The van der Waals surface area contributed by atoms with Crippen LogP contribution in [0, 0.1) is 20.8 Å². The second-order valence-corrected chi connectivity index (χ2v) is 7.52. The lowest BCUT2D eigenvalue weighted by molar-refractivity contribution is -0.125. The highest BCUT2D eigenvalue weighted by molar-refractivity contribution is 7.99. The van der Waals surface area contributed by atoms with E-state index >= 15 is 0 Å². The number of aryl methyl sites for hydroxylation is 3. The van der Waals surface area contributed by atoms with E-state index in [0.29, 0.717) is 0 Å². The molecule has 3 nitrogen and oxygen atoms in total. The molecule has 0 radical (unpaired) electrons. The van der Waals surface area contributed by atoms with E-state index in [4.69, 9.17) is 0 Å². The van der Waals surface area contributed by atoms with Crippen molar-refractivity contribution in [3.05, 3.63) is 34.4 Å². The Kier molecular flexibility index (Phi) is 3.60. The minimum atomic E-state index is -0.617. The quantitative estimate of drug-likeness (QED) is 0.811. The average Bonchev–Trinajstić information content (AvgIpc) is 2.63. The summed E-state index contributed by atoms with van der Waals surface area (Å²) in [5.74, 6) is 1.26. The molecule has 1 amide bonds. The maximum Gasteiger partial charge on any atom is 0.235 e. The van der Waals surface area contributed by atoms with E-state index < -0.39 is 11.5 Å². The molecule has 21 heavy (non-hydrogen) atoms. The van der Waals surface area contributed by atoms with Crippen LogP contribution in [0.2, 0.25) is 0 Å². The maximum atomic E-state index is 13.0. The van der Waals surface area contributed by atoms with Crippen LogP contribution in [0.15, 0.2) is 12.1 Å². The van der Waals surface area contributed by atoms with Gasteiger partial charge in [-0.3, -0.25) is 9.59 Å². The van der Waals surface area contributed by atoms with Gasteiger partial charge in [0.1, 0.15) is 11.5 Å². The first-order valence-corrected chi connectivity index (χ1v) is 8.62. The number of hydrogen-bond donors (Lipinski definition) is 1. The predicted molar refractivity (Wildman–Crippen MR) is 85.8 cm³/mol. The Morgan fingerprint density at radius 3 is 2.24 bits per heavy atom. The molecule has 0 saturated carbocycles. The summed E-state index contributed by atoms with van der Waals surface area (Å²) in [6.45, 7) is 6.04. The molecule has 112 valence electrons. The minimum absolute atomic E-state index is 0.0860. The van der Waals surface area contributed by atoms with Crippen LogP contribution in [0.1, 0.15) is 41.0 Å². The third-order valence-electron chi connectivity index (χ3n) is 4.73. The first-order chi connectivity index (χ1) is 9.94. The van der Waals surface area contributed by atoms with Gasteiger partial charge in [0, 0.05) is 0 Å². The molecule has 0 bridgehead atoms. The molecule has 2 aliphatic heterocycles. The molecule has 1 unspecified atom stereocenters. The molecule has 2 fully saturated rings. The van der Waals surface area contributed by atoms with Crippen molar-refractivity contribution < 1.29 is 9.59 Å². The van der Waals surface area contributed by atoms with Crippen LogP contribution in [-0.4, -0.2) is 28.7 Å². The zero-order valence-electron chi connectivity index (χ0n) is 12.8. The summed E-state index contributed by atoms with van der Waals surface area (Å²) >= 11 is 1.86. The number of amides is 1. The van der Waals surface area contributed by atoms with E-state index in [0.717, 1.165) is 41.0 Å². The molecule has 3 rings (SSSR count). The Labute approximate surface area is 129 Å². The lowest BCUT2D eigenvalue weighted by Gasteiger charge is -2.31. The van der Waals surface area contributed by atoms with Gasteiger partial charge in [0.2, 0.25) is 5.91 Å². The van der Waals surface area contributed by atoms with E-state index in [9.17, 15) is 9.59 Å². The summed E-state index contributed by atoms with van der Waals surface area (Å²) in [6.07, 6.45) is 1.53. The minimum Gasteiger partial charge on any atom is -0.343 e. The van der Waals surface area contributed by atoms with Gasteiger partial charge in [-0.2, -0.15) is 11.8 Å². The molecule has 0 aromatic heterocycles. The SMILES string of the molecule is Cc1cc(C)c(C2C(=O)NC3(CCSCC3)C2=O)c(C)c1. The molecule has 1 aromatic carbocycles. The van der Waals surface area contributed by atoms with Gasteiger partial charge in [0.05, 0.1) is 0 Å². The molecular formula is C17H21NO2S. The van der Waals surface area contributed by atoms with Crippen LogP contribution in [0.3, 0.4) is 0 Å². The van der Waals surface area contributed by atoms with Gasteiger partial charge < -0.3 is 5.32 Å². The number of rotatable bonds is 1. The summed E-state index contributed by atoms with van der Waals surface area (Å²) in [5, 5.41) is 3.03. The van der Waals surface area contributed by atoms with Crippen molar-refractivity contribution in [3.8, 4) is 0 Å². The summed E-state index contributed by atoms with van der Waals surface area (Å²) in [7, 11) is 0. The second-order valence-electron chi connectivity index (χ2n) is 6.29. The fraction of sp³-hybridized carbons (Fsp3) is 0.529. The van der Waals surface area contributed by atoms with E-state index in [1.165, 1.54) is 5.56 Å². The summed E-state index contributed by atoms with van der Waals surface area (Å²) in [5.41, 5.74) is 3.57. The van der Waals surface area contributed by atoms with Crippen LogP contribution < -0.4 is 5.32 Å². The zero-order chi connectivity index (χ0) is 15.2. The first kappa shape index (κ1) is 14.6. The van der Waals surface area contributed by atoms with Crippen LogP contribution in [0.5, 0.6) is 0 Å². The second kappa shape index (κ2) is 5.16. The Morgan fingerprint density at radius 2 is 1.67 bits per heavy atom. The van der Waals surface area contributed by atoms with Crippen molar-refractivity contribution in [3.63, 3.8) is 0 Å². The highest BCUT2D eigenvalue weighted by Crippen LogP contribution is 2.40. The van der Waals surface area contributed by atoms with Crippen molar-refractivity contribution in [1.29, 1.82) is 0 Å². The number of Topliss-reactive ketones (excluding diaryl/α,β-unsaturated/α-hetero) is 1. The number of ketones is 1. The summed E-state index contributed by atoms with van der Waals surface area (Å²) < 4.78 is 0. The third kappa shape index (κ3) is 2.30. The fourth-order valence-electron chi connectivity index (χ4n) is 3.76. The van der Waals surface area contributed by atoms with Crippen molar-refractivity contribution in [2.45, 2.75) is 45.1 Å². The molecule has 2 aliphatic rings. The number of carbonyl (C=O) groups is 2. The standard InChI is InChI=1S/C17H21NO2S/c1-10-8-11(2)13(12(3)9-10)14-15(19)17(18-16(14)20)4-6-21-7-5-17/h8-9,14H,4-7H2,1-3H3,(H,18,20). The van der Waals surface area contributed by atoms with Gasteiger partial charge in [-0.25, -0.2) is 0 Å². The van der Waals surface area contributed by atoms with Gasteiger partial charge in [0.15, 0.2) is 5.78 Å². The maximum absolute atomic E-state index is 13.0. The van der Waals surface area contributed by atoms with Crippen molar-refractivity contribution >= 4 is 23.5 Å². The van der Waals surface area contributed by atoms with Crippen molar-refractivity contribution in [2.75, 3.05) is 11.5 Å². The lowest BCUT2D eigenvalue weighted by Crippen LogP contribution is -2.49. The predicted octanol–water partition coefficient (Wildman–Crippen LogP) is 2.66. The first-order valence-electron chi connectivity index (χ1n) is 7.46. The van der Waals surface area contributed by atoms with Crippen LogP contribution in [0.4, 0.5) is 0 Å². The van der Waals surface area contributed by atoms with E-state index in [-0.39, 0.29) is 11.7 Å². The Balaban J connectivity index is 2.04. The molecular weight excluding hydrogens is 282 g/mol. The normalized spacial score (nSPS) is 24.4. The number of carbonyl (C=O) groups excluding carboxylic acids is 2. The molecule has 2 saturated heterocycles. The van der Waals surface area contributed by atoms with Crippen molar-refractivity contribution in [2.24, 2.45) is 0 Å². The summed E-state index contributed by atoms with van der Waals surface area (Å²) in [4.78, 5) is 25.5. The van der Waals surface area contributed by atoms with E-state index in [1.807, 2.05) is 32.5 Å². The number of benzene rings is 1. The molecule has 1 N–H and O–H groups in total. The van der Waals surface area contributed by atoms with Crippen LogP contribution in [-0.2, 0) is 9.59 Å². The molecule has 0 aliphatic carbocycles. The molecule has 1 spiro atoms. The van der Waals surface area contributed by atoms with Gasteiger partial charge in [-0.15, -0.1) is 0 Å². The number of thioether (sulfide) groups is 1. The number of nitrogens with one attached hydrogen (secondary N) is 1. The van der Waals surface area contributed by atoms with Gasteiger partial charge in [-0.05, 0) is 61.8 Å². The van der Waals surface area contributed by atoms with E-state index in [2.05, 4.69) is 17.4 Å². The highest BCUT2D eigenvalue weighted by atomic mass is 32.2. The molecule has 2 heterocycles. The zero-order valence-corrected chi connectivity index (χ0v) is 13.6. The Bertz CT molecular complexity index is 594. The summed E-state index contributed by atoms with van der Waals surface area (Å²) in [6, 6.07) is 4.12. The molecule has 1 aromatic rings.